The number of allylic oxidation sites excluding steroid dienone is 1. The lowest BCUT2D eigenvalue weighted by Gasteiger charge is -2.14. The van der Waals surface area contributed by atoms with Gasteiger partial charge in [-0.1, -0.05) is 18.2 Å². The molecule has 0 fully saturated rings. The van der Waals surface area contributed by atoms with Crippen molar-refractivity contribution >= 4 is 17.4 Å². The highest BCUT2D eigenvalue weighted by Gasteiger charge is 2.14. The molecule has 17 heavy (non-hydrogen) atoms. The third-order valence-electron chi connectivity index (χ3n) is 2.32. The second kappa shape index (κ2) is 5.58. The molecule has 6 heteroatoms. The topological polar surface area (TPSA) is 64.4 Å². The molecule has 0 saturated carbocycles. The number of nitro groups is 1. The van der Waals surface area contributed by atoms with Gasteiger partial charge in [0, 0.05) is 17.5 Å². The van der Waals surface area contributed by atoms with E-state index in [2.05, 4.69) is 5.48 Å². The van der Waals surface area contributed by atoms with Crippen LogP contribution in [0.3, 0.4) is 0 Å². The zero-order chi connectivity index (χ0) is 12.1. The number of nitrogens with zero attached hydrogens (tertiary/aromatic N) is 1. The molecule has 1 heterocycles. The largest absolute Gasteiger partial charge is 0.375 e. The highest BCUT2D eigenvalue weighted by molar-refractivity contribution is 7.99. The van der Waals surface area contributed by atoms with E-state index < -0.39 is 4.92 Å². The van der Waals surface area contributed by atoms with Crippen LogP contribution in [0, 0.1) is 10.1 Å². The highest BCUT2D eigenvalue weighted by Crippen LogP contribution is 2.25. The van der Waals surface area contributed by atoms with E-state index >= 15 is 0 Å². The number of nitrogens with one attached hydrogen (secondary N) is 1. The van der Waals surface area contributed by atoms with Crippen molar-refractivity contribution in [2.45, 2.75) is 6.42 Å². The third-order valence-corrected chi connectivity index (χ3v) is 3.21. The number of nitro benzene ring substituents is 1. The number of benzene rings is 1. The fraction of sp³-hybridized carbons (Fsp3) is 0.273. The van der Waals surface area contributed by atoms with E-state index in [1.807, 2.05) is 17.8 Å². The summed E-state index contributed by atoms with van der Waals surface area (Å²) in [5, 5.41) is 10.8. The maximum Gasteiger partial charge on any atom is 0.314 e. The first-order chi connectivity index (χ1) is 8.27. The quantitative estimate of drug-likeness (QED) is 0.659. The Morgan fingerprint density at radius 2 is 2.24 bits per heavy atom. The molecule has 0 radical (unpaired) electrons. The SMILES string of the molecule is O=[N+]([O-])c1ccccc1ONC1=CCSCC1. The van der Waals surface area contributed by atoms with Crippen LogP contribution in [0.4, 0.5) is 5.69 Å². The van der Waals surface area contributed by atoms with Crippen molar-refractivity contribution in [3.05, 3.63) is 46.2 Å². The normalized spacial score (nSPS) is 14.9. The predicted molar refractivity (Wildman–Crippen MR) is 66.9 cm³/mol. The van der Waals surface area contributed by atoms with Crippen LogP contribution in [0.25, 0.3) is 0 Å². The Morgan fingerprint density at radius 3 is 2.94 bits per heavy atom. The number of hydrogen-bond donors (Lipinski definition) is 1. The van der Waals surface area contributed by atoms with Crippen molar-refractivity contribution in [3.63, 3.8) is 0 Å². The van der Waals surface area contributed by atoms with Gasteiger partial charge in [0.25, 0.3) is 0 Å². The lowest BCUT2D eigenvalue weighted by Crippen LogP contribution is -2.20. The molecular weight excluding hydrogens is 240 g/mol. The van der Waals surface area contributed by atoms with Crippen LogP contribution in [0.5, 0.6) is 5.75 Å². The van der Waals surface area contributed by atoms with Gasteiger partial charge in [0.1, 0.15) is 0 Å². The zero-order valence-electron chi connectivity index (χ0n) is 9.09. The van der Waals surface area contributed by atoms with Gasteiger partial charge < -0.3 is 4.84 Å². The average molecular weight is 252 g/mol. The molecule has 1 aromatic carbocycles. The third kappa shape index (κ3) is 3.13. The molecule has 0 spiro atoms. The van der Waals surface area contributed by atoms with Gasteiger partial charge in [0.2, 0.25) is 5.75 Å². The second-order valence-electron chi connectivity index (χ2n) is 3.48. The minimum absolute atomic E-state index is 0.0363. The predicted octanol–water partition coefficient (Wildman–Crippen LogP) is 2.50. The van der Waals surface area contributed by atoms with Crippen molar-refractivity contribution in [2.75, 3.05) is 11.5 Å². The molecule has 1 N–H and O–H groups in total. The van der Waals surface area contributed by atoms with Gasteiger partial charge in [-0.25, -0.2) is 5.48 Å². The van der Waals surface area contributed by atoms with Crippen molar-refractivity contribution in [2.24, 2.45) is 0 Å². The average Bonchev–Trinajstić information content (AvgIpc) is 2.38. The van der Waals surface area contributed by atoms with E-state index in [1.54, 1.807) is 18.2 Å². The maximum atomic E-state index is 10.8. The molecule has 0 atom stereocenters. The first kappa shape index (κ1) is 11.8. The maximum absolute atomic E-state index is 10.8. The Bertz CT molecular complexity index is 448. The monoisotopic (exact) mass is 252 g/mol. The van der Waals surface area contributed by atoms with Crippen LogP contribution in [-0.4, -0.2) is 16.4 Å². The van der Waals surface area contributed by atoms with E-state index in [1.165, 1.54) is 6.07 Å². The summed E-state index contributed by atoms with van der Waals surface area (Å²) >= 11 is 1.85. The van der Waals surface area contributed by atoms with Gasteiger partial charge in [-0.2, -0.15) is 11.8 Å². The van der Waals surface area contributed by atoms with E-state index in [9.17, 15) is 10.1 Å². The van der Waals surface area contributed by atoms with Crippen molar-refractivity contribution in [1.82, 2.24) is 5.48 Å². The lowest BCUT2D eigenvalue weighted by molar-refractivity contribution is -0.386. The number of thioether (sulfide) groups is 1. The molecule has 0 aliphatic carbocycles. The first-order valence-electron chi connectivity index (χ1n) is 5.20. The number of para-hydroxylation sites is 2. The first-order valence-corrected chi connectivity index (χ1v) is 6.36. The minimum atomic E-state index is -0.456. The minimum Gasteiger partial charge on any atom is -0.375 e. The van der Waals surface area contributed by atoms with Gasteiger partial charge in [0.05, 0.1) is 4.92 Å². The van der Waals surface area contributed by atoms with Crippen molar-refractivity contribution < 1.29 is 9.76 Å². The number of rotatable bonds is 4. The van der Waals surface area contributed by atoms with Crippen LogP contribution < -0.4 is 10.3 Å². The van der Waals surface area contributed by atoms with Gasteiger partial charge in [-0.15, -0.1) is 0 Å². The Morgan fingerprint density at radius 1 is 1.41 bits per heavy atom. The fourth-order valence-electron chi connectivity index (χ4n) is 1.43. The van der Waals surface area contributed by atoms with Gasteiger partial charge in [-0.3, -0.25) is 10.1 Å². The van der Waals surface area contributed by atoms with Gasteiger partial charge in [0.15, 0.2) is 0 Å². The number of hydroxylamine groups is 1. The summed E-state index contributed by atoms with van der Waals surface area (Å²) in [6, 6.07) is 6.31. The van der Waals surface area contributed by atoms with Crippen LogP contribution in [0.2, 0.25) is 0 Å². The van der Waals surface area contributed by atoms with E-state index in [0.717, 1.165) is 23.6 Å². The molecule has 1 aromatic rings. The van der Waals surface area contributed by atoms with E-state index in [4.69, 9.17) is 4.84 Å². The Hall–Kier alpha value is -1.69. The number of hydrogen-bond acceptors (Lipinski definition) is 5. The van der Waals surface area contributed by atoms with Crippen LogP contribution >= 0.6 is 11.8 Å². The molecule has 0 saturated heterocycles. The van der Waals surface area contributed by atoms with E-state index in [0.29, 0.717) is 0 Å². The highest BCUT2D eigenvalue weighted by atomic mass is 32.2. The molecule has 1 aliphatic heterocycles. The summed E-state index contributed by atoms with van der Waals surface area (Å²) in [5.41, 5.74) is 3.71. The van der Waals surface area contributed by atoms with Crippen LogP contribution in [-0.2, 0) is 0 Å². The zero-order valence-corrected chi connectivity index (χ0v) is 9.90. The molecule has 0 unspecified atom stereocenters. The van der Waals surface area contributed by atoms with Crippen LogP contribution in [0.15, 0.2) is 36.0 Å². The molecule has 0 bridgehead atoms. The standard InChI is InChI=1S/C11H12N2O3S/c14-13(15)10-3-1-2-4-11(10)16-12-9-5-7-17-8-6-9/h1-5,12H,6-8H2. The van der Waals surface area contributed by atoms with Crippen LogP contribution in [0.1, 0.15) is 6.42 Å². The van der Waals surface area contributed by atoms with Gasteiger partial charge >= 0.3 is 5.69 Å². The summed E-state index contributed by atoms with van der Waals surface area (Å²) in [4.78, 5) is 15.6. The summed E-state index contributed by atoms with van der Waals surface area (Å²) in [5.74, 6) is 2.22. The molecule has 1 aliphatic rings. The Balaban J connectivity index is 2.03. The second-order valence-corrected chi connectivity index (χ2v) is 4.63. The molecule has 90 valence electrons. The smallest absolute Gasteiger partial charge is 0.314 e. The Labute approximate surface area is 103 Å². The molecular formula is C11H12N2O3S. The lowest BCUT2D eigenvalue weighted by atomic mass is 10.3. The molecule has 2 rings (SSSR count). The molecule has 5 nitrogen and oxygen atoms in total. The summed E-state index contributed by atoms with van der Waals surface area (Å²) in [6.45, 7) is 0. The molecule has 0 amide bonds. The van der Waals surface area contributed by atoms with Crippen molar-refractivity contribution in [1.29, 1.82) is 0 Å². The molecule has 0 aromatic heterocycles. The van der Waals surface area contributed by atoms with Crippen molar-refractivity contribution in [3.8, 4) is 5.75 Å². The van der Waals surface area contributed by atoms with Gasteiger partial charge in [-0.05, 0) is 18.2 Å². The van der Waals surface area contributed by atoms with E-state index in [-0.39, 0.29) is 11.4 Å². The summed E-state index contributed by atoms with van der Waals surface area (Å²) < 4.78 is 0. The summed E-state index contributed by atoms with van der Waals surface area (Å²) in [7, 11) is 0. The summed E-state index contributed by atoms with van der Waals surface area (Å²) in [6.07, 6.45) is 2.92. The fourth-order valence-corrected chi connectivity index (χ4v) is 2.28. The Kier molecular flexibility index (Phi) is 3.87.